The van der Waals surface area contributed by atoms with Crippen LogP contribution in [-0.4, -0.2) is 51.2 Å². The molecule has 0 amide bonds. The molecule has 2 N–H and O–H groups in total. The molecule has 0 aliphatic heterocycles. The summed E-state index contributed by atoms with van der Waals surface area (Å²) < 4.78 is 7.98. The van der Waals surface area contributed by atoms with Crippen LogP contribution in [0.3, 0.4) is 0 Å². The Morgan fingerprint density at radius 3 is 2.62 bits per heavy atom. The summed E-state index contributed by atoms with van der Waals surface area (Å²) in [7, 11) is 1.91. The summed E-state index contributed by atoms with van der Waals surface area (Å²) in [6, 6.07) is 20.1. The Kier molecular flexibility index (Phi) is 5.76. The fraction of sp³-hybridized carbons (Fsp3) is 0.261. The van der Waals surface area contributed by atoms with Crippen molar-refractivity contribution in [2.24, 2.45) is 0 Å². The van der Waals surface area contributed by atoms with E-state index in [1.807, 2.05) is 71.4 Å². The van der Waals surface area contributed by atoms with E-state index in [2.05, 4.69) is 12.1 Å². The average Bonchev–Trinajstić information content (AvgIpc) is 3.32. The lowest BCUT2D eigenvalue weighted by Gasteiger charge is -2.18. The Labute approximate surface area is 169 Å². The summed E-state index contributed by atoms with van der Waals surface area (Å²) in [5.74, 6) is 0.726. The first-order valence-corrected chi connectivity index (χ1v) is 9.69. The number of hydrogen-bond donors (Lipinski definition) is 2. The number of aliphatic hydroxyl groups excluding tert-OH is 2. The van der Waals surface area contributed by atoms with Crippen LogP contribution < -0.4 is 0 Å². The van der Waals surface area contributed by atoms with Gasteiger partial charge in [-0.3, -0.25) is 9.58 Å². The molecular weight excluding hydrogens is 366 g/mol. The Morgan fingerprint density at radius 1 is 1.10 bits per heavy atom. The average molecular weight is 391 g/mol. The van der Waals surface area contributed by atoms with Gasteiger partial charge in [0.2, 0.25) is 0 Å². The van der Waals surface area contributed by atoms with Gasteiger partial charge in [-0.05, 0) is 24.7 Å². The molecule has 4 rings (SSSR count). The van der Waals surface area contributed by atoms with Gasteiger partial charge in [-0.15, -0.1) is 0 Å². The lowest BCUT2D eigenvalue weighted by molar-refractivity contribution is 0.0648. The minimum absolute atomic E-state index is 0.256. The zero-order chi connectivity index (χ0) is 20.2. The lowest BCUT2D eigenvalue weighted by atomic mass is 10.1. The third-order valence-corrected chi connectivity index (χ3v) is 4.86. The van der Waals surface area contributed by atoms with E-state index in [0.29, 0.717) is 19.6 Å². The van der Waals surface area contributed by atoms with Gasteiger partial charge in [-0.2, -0.15) is 5.10 Å². The highest BCUT2D eigenvalue weighted by Crippen LogP contribution is 2.30. The lowest BCUT2D eigenvalue weighted by Crippen LogP contribution is -2.31. The fourth-order valence-electron chi connectivity index (χ4n) is 3.51. The highest BCUT2D eigenvalue weighted by atomic mass is 16.3. The summed E-state index contributed by atoms with van der Waals surface area (Å²) in [5.41, 5.74) is 3.80. The Morgan fingerprint density at radius 2 is 1.86 bits per heavy atom. The van der Waals surface area contributed by atoms with Crippen LogP contribution >= 0.6 is 0 Å². The second kappa shape index (κ2) is 8.61. The van der Waals surface area contributed by atoms with Gasteiger partial charge >= 0.3 is 0 Å². The van der Waals surface area contributed by atoms with Crippen LogP contribution in [0.25, 0.3) is 22.4 Å². The van der Waals surface area contributed by atoms with Crippen molar-refractivity contribution in [1.82, 2.24) is 14.7 Å². The fourth-order valence-corrected chi connectivity index (χ4v) is 3.51. The van der Waals surface area contributed by atoms with Crippen LogP contribution in [0, 0.1) is 0 Å². The topological polar surface area (TPSA) is 74.7 Å². The summed E-state index contributed by atoms with van der Waals surface area (Å²) in [5, 5.41) is 24.7. The molecule has 0 aliphatic carbocycles. The Hall–Kier alpha value is -2.93. The van der Waals surface area contributed by atoms with Crippen molar-refractivity contribution < 1.29 is 14.6 Å². The monoisotopic (exact) mass is 391 g/mol. The first kappa shape index (κ1) is 19.4. The van der Waals surface area contributed by atoms with E-state index in [1.54, 1.807) is 0 Å². The molecule has 0 aliphatic rings. The molecule has 2 aromatic heterocycles. The molecule has 2 heterocycles. The predicted octanol–water partition coefficient (Wildman–Crippen LogP) is 3.13. The zero-order valence-corrected chi connectivity index (χ0v) is 16.4. The van der Waals surface area contributed by atoms with E-state index in [4.69, 9.17) is 14.6 Å². The van der Waals surface area contributed by atoms with Crippen molar-refractivity contribution in [3.05, 3.63) is 78.0 Å². The summed E-state index contributed by atoms with van der Waals surface area (Å²) in [6.07, 6.45) is 1.26. The van der Waals surface area contributed by atoms with Crippen LogP contribution in [0.15, 0.2) is 71.3 Å². The molecule has 0 bridgehead atoms. The van der Waals surface area contributed by atoms with E-state index >= 15 is 0 Å². The minimum atomic E-state index is -0.769. The number of fused-ring (bicyclic) bond motifs is 1. The van der Waals surface area contributed by atoms with Crippen molar-refractivity contribution in [3.63, 3.8) is 0 Å². The SMILES string of the molecule is CN(Cc1cn(Cc2ccccc2)nc1-c1cc2ccccc2o1)C[C@H](O)CO. The van der Waals surface area contributed by atoms with Gasteiger partial charge in [0.05, 0.1) is 19.3 Å². The maximum atomic E-state index is 9.76. The molecule has 6 heteroatoms. The smallest absolute Gasteiger partial charge is 0.156 e. The Balaban J connectivity index is 1.67. The quantitative estimate of drug-likeness (QED) is 0.483. The Bertz CT molecular complexity index is 1040. The van der Waals surface area contributed by atoms with Gasteiger partial charge in [0, 0.05) is 30.2 Å². The summed E-state index contributed by atoms with van der Waals surface area (Å²) in [6.45, 7) is 1.36. The number of aromatic nitrogens is 2. The van der Waals surface area contributed by atoms with Gasteiger partial charge in [0.15, 0.2) is 5.76 Å². The molecule has 0 fully saturated rings. The molecule has 0 saturated carbocycles. The first-order valence-electron chi connectivity index (χ1n) is 9.69. The standard InChI is InChI=1S/C23H25N3O3/c1-25(15-20(28)16-27)13-19-14-26(12-17-7-3-2-4-8-17)24-23(19)22-11-18-9-5-6-10-21(18)29-22/h2-11,14,20,27-28H,12-13,15-16H2,1H3/t20-/m0/s1. The normalized spacial score (nSPS) is 12.7. The first-order chi connectivity index (χ1) is 14.1. The molecule has 0 unspecified atom stereocenters. The maximum absolute atomic E-state index is 9.76. The molecule has 4 aromatic rings. The molecule has 0 radical (unpaired) electrons. The van der Waals surface area contributed by atoms with Crippen LogP contribution in [0.1, 0.15) is 11.1 Å². The van der Waals surface area contributed by atoms with Crippen molar-refractivity contribution >= 4 is 11.0 Å². The number of benzene rings is 2. The van der Waals surface area contributed by atoms with Gasteiger partial charge < -0.3 is 14.6 Å². The van der Waals surface area contributed by atoms with Crippen LogP contribution in [0.2, 0.25) is 0 Å². The van der Waals surface area contributed by atoms with E-state index in [1.165, 1.54) is 5.56 Å². The predicted molar refractivity (Wildman–Crippen MR) is 112 cm³/mol. The molecule has 0 saturated heterocycles. The molecular formula is C23H25N3O3. The van der Waals surface area contributed by atoms with Crippen LogP contribution in [0.5, 0.6) is 0 Å². The third kappa shape index (κ3) is 4.56. The van der Waals surface area contributed by atoms with Crippen molar-refractivity contribution in [1.29, 1.82) is 0 Å². The van der Waals surface area contributed by atoms with E-state index in [0.717, 1.165) is 28.0 Å². The van der Waals surface area contributed by atoms with Gasteiger partial charge in [0.25, 0.3) is 0 Å². The van der Waals surface area contributed by atoms with E-state index in [9.17, 15) is 5.11 Å². The number of furan rings is 1. The maximum Gasteiger partial charge on any atom is 0.156 e. The highest BCUT2D eigenvalue weighted by Gasteiger charge is 2.18. The molecule has 2 aromatic carbocycles. The molecule has 0 spiro atoms. The van der Waals surface area contributed by atoms with E-state index in [-0.39, 0.29) is 6.61 Å². The van der Waals surface area contributed by atoms with Gasteiger partial charge in [0.1, 0.15) is 11.3 Å². The van der Waals surface area contributed by atoms with Crippen molar-refractivity contribution in [2.45, 2.75) is 19.2 Å². The van der Waals surface area contributed by atoms with Crippen LogP contribution in [-0.2, 0) is 13.1 Å². The number of rotatable bonds is 8. The zero-order valence-electron chi connectivity index (χ0n) is 16.4. The van der Waals surface area contributed by atoms with Crippen molar-refractivity contribution in [2.75, 3.05) is 20.2 Å². The summed E-state index contributed by atoms with van der Waals surface area (Å²) >= 11 is 0. The van der Waals surface area contributed by atoms with Crippen LogP contribution in [0.4, 0.5) is 0 Å². The number of aliphatic hydroxyl groups is 2. The summed E-state index contributed by atoms with van der Waals surface area (Å²) in [4.78, 5) is 1.97. The van der Waals surface area contributed by atoms with E-state index < -0.39 is 6.10 Å². The van der Waals surface area contributed by atoms with Crippen molar-refractivity contribution in [3.8, 4) is 11.5 Å². The third-order valence-electron chi connectivity index (χ3n) is 4.86. The second-order valence-electron chi connectivity index (χ2n) is 7.37. The highest BCUT2D eigenvalue weighted by molar-refractivity contribution is 5.82. The number of likely N-dealkylation sites (N-methyl/N-ethyl adjacent to an activating group) is 1. The molecule has 150 valence electrons. The van der Waals surface area contributed by atoms with Gasteiger partial charge in [-0.1, -0.05) is 48.5 Å². The number of hydrogen-bond acceptors (Lipinski definition) is 5. The minimum Gasteiger partial charge on any atom is -0.454 e. The second-order valence-corrected chi connectivity index (χ2v) is 7.37. The number of para-hydroxylation sites is 1. The number of nitrogens with zero attached hydrogens (tertiary/aromatic N) is 3. The van der Waals surface area contributed by atoms with Gasteiger partial charge in [-0.25, -0.2) is 0 Å². The molecule has 6 nitrogen and oxygen atoms in total. The molecule has 1 atom stereocenters. The largest absolute Gasteiger partial charge is 0.454 e. The molecule has 29 heavy (non-hydrogen) atoms.